The minimum Gasteiger partial charge on any atom is -0.465 e. The van der Waals surface area contributed by atoms with Crippen LogP contribution in [0.4, 0.5) is 10.6 Å². The number of hydrogen-bond donors (Lipinski definition) is 2. The molecule has 3 unspecified atom stereocenters. The summed E-state index contributed by atoms with van der Waals surface area (Å²) in [5.41, 5.74) is 0.485. The molecule has 0 bridgehead atoms. The molecule has 2 aromatic rings. The first kappa shape index (κ1) is 17.0. The number of likely N-dealkylation sites (tertiary alicyclic amines) is 1. The molecule has 10 heteroatoms. The van der Waals surface area contributed by atoms with Crippen LogP contribution in [-0.4, -0.2) is 49.3 Å². The van der Waals surface area contributed by atoms with Gasteiger partial charge in [-0.1, -0.05) is 6.07 Å². The molecule has 1 aliphatic carbocycles. The molecule has 1 saturated carbocycles. The van der Waals surface area contributed by atoms with Crippen molar-refractivity contribution in [3.63, 3.8) is 0 Å². The molecule has 2 fully saturated rings. The van der Waals surface area contributed by atoms with Crippen molar-refractivity contribution in [1.82, 2.24) is 20.1 Å². The predicted octanol–water partition coefficient (Wildman–Crippen LogP) is 2.23. The Morgan fingerprint density at radius 3 is 2.96 bits per heavy atom. The lowest BCUT2D eigenvalue weighted by Crippen LogP contribution is -2.45. The summed E-state index contributed by atoms with van der Waals surface area (Å²) in [5.74, 6) is 0.503. The van der Waals surface area contributed by atoms with Crippen LogP contribution in [0.1, 0.15) is 24.3 Å². The van der Waals surface area contributed by atoms with E-state index in [-0.39, 0.29) is 17.4 Å². The number of aromatic nitrogens is 3. The molecule has 1 aliphatic heterocycles. The average Bonchev–Trinajstić information content (AvgIpc) is 2.95. The second-order valence-electron chi connectivity index (χ2n) is 6.79. The summed E-state index contributed by atoms with van der Waals surface area (Å²) in [6, 6.07) is 2.62. The van der Waals surface area contributed by atoms with Crippen LogP contribution in [0.5, 0.6) is 0 Å². The highest BCUT2D eigenvalue weighted by Gasteiger charge is 2.67. The van der Waals surface area contributed by atoms with Crippen LogP contribution in [-0.2, 0) is 11.2 Å². The Morgan fingerprint density at radius 2 is 2.27 bits per heavy atom. The number of piperidine rings is 1. The highest BCUT2D eigenvalue weighted by molar-refractivity contribution is 9.10. The third-order valence-corrected chi connectivity index (χ3v) is 5.60. The first-order chi connectivity index (χ1) is 12.4. The fraction of sp³-hybridized carbons (Fsp3) is 0.438. The molecular weight excluding hydrogens is 406 g/mol. The van der Waals surface area contributed by atoms with Crippen LogP contribution in [0.25, 0.3) is 0 Å². The molecule has 0 radical (unpaired) electrons. The van der Waals surface area contributed by atoms with E-state index in [4.69, 9.17) is 4.42 Å². The lowest BCUT2D eigenvalue weighted by molar-refractivity contribution is -0.120. The number of halogens is 1. The number of nitrogens with one attached hydrogen (secondary N) is 1. The van der Waals surface area contributed by atoms with Gasteiger partial charge in [-0.15, -0.1) is 10.2 Å². The van der Waals surface area contributed by atoms with E-state index in [1.165, 1.54) is 11.3 Å². The third-order valence-electron chi connectivity index (χ3n) is 5.15. The van der Waals surface area contributed by atoms with Gasteiger partial charge in [-0.25, -0.2) is 9.78 Å². The molecular formula is C16H16BrN5O4. The molecule has 26 heavy (non-hydrogen) atoms. The highest BCUT2D eigenvalue weighted by atomic mass is 79.9. The number of fused-ring (bicyclic) bond motifs is 1. The van der Waals surface area contributed by atoms with Gasteiger partial charge in [0.25, 0.3) is 0 Å². The van der Waals surface area contributed by atoms with Gasteiger partial charge < -0.3 is 14.8 Å². The van der Waals surface area contributed by atoms with Crippen LogP contribution in [0.2, 0.25) is 0 Å². The maximum Gasteiger partial charge on any atom is 0.408 e. The number of aryl methyl sites for hydroxylation is 1. The van der Waals surface area contributed by atoms with Crippen molar-refractivity contribution in [2.45, 2.75) is 38.3 Å². The van der Waals surface area contributed by atoms with Crippen molar-refractivity contribution in [2.24, 2.45) is 5.41 Å². The number of hydrogen-bond acceptors (Lipinski definition) is 6. The smallest absolute Gasteiger partial charge is 0.408 e. The molecule has 2 aliphatic rings. The zero-order valence-corrected chi connectivity index (χ0v) is 15.4. The van der Waals surface area contributed by atoms with E-state index in [1.807, 2.05) is 13.0 Å². The molecule has 136 valence electrons. The van der Waals surface area contributed by atoms with Gasteiger partial charge in [0, 0.05) is 17.9 Å². The Kier molecular flexibility index (Phi) is 3.94. The number of anilines is 1. The topological polar surface area (TPSA) is 121 Å². The standard InChI is InChI=1S/C16H16BrN5O4/c1-8-2-3-11(17)19-13(8)20-14(23)9-4-16(6-12-21-18-7-26-12)5-10(16)22(9)15(24)25/h2-3,7,9-10H,4-6H2,1H3,(H,24,25)(H,19,20,23). The number of carbonyl (C=O) groups is 2. The summed E-state index contributed by atoms with van der Waals surface area (Å²) in [6.07, 6.45) is 1.74. The number of nitrogens with zero attached hydrogens (tertiary/aromatic N) is 4. The van der Waals surface area contributed by atoms with Crippen molar-refractivity contribution in [3.8, 4) is 0 Å². The zero-order valence-electron chi connectivity index (χ0n) is 13.8. The van der Waals surface area contributed by atoms with E-state index in [2.05, 4.69) is 36.4 Å². The number of carbonyl (C=O) groups excluding carboxylic acids is 1. The van der Waals surface area contributed by atoms with Gasteiger partial charge in [-0.3, -0.25) is 9.69 Å². The molecule has 0 aromatic carbocycles. The molecule has 4 rings (SSSR count). The SMILES string of the molecule is Cc1ccc(Br)nc1NC(=O)C1CC2(Cc3nnco3)CC2N1C(=O)O. The third kappa shape index (κ3) is 2.83. The highest BCUT2D eigenvalue weighted by Crippen LogP contribution is 2.61. The van der Waals surface area contributed by atoms with Crippen LogP contribution in [0.15, 0.2) is 27.5 Å². The van der Waals surface area contributed by atoms with Gasteiger partial charge in [0.1, 0.15) is 16.5 Å². The number of pyridine rings is 1. The summed E-state index contributed by atoms with van der Waals surface area (Å²) >= 11 is 3.27. The molecule has 2 N–H and O–H groups in total. The van der Waals surface area contributed by atoms with Crippen LogP contribution in [0.3, 0.4) is 0 Å². The van der Waals surface area contributed by atoms with Gasteiger partial charge in [0.05, 0.1) is 0 Å². The first-order valence-corrected chi connectivity index (χ1v) is 8.89. The average molecular weight is 422 g/mol. The van der Waals surface area contributed by atoms with Crippen molar-refractivity contribution in [2.75, 3.05) is 5.32 Å². The molecule has 3 atom stereocenters. The largest absolute Gasteiger partial charge is 0.465 e. The Labute approximate surface area is 156 Å². The maximum absolute atomic E-state index is 12.8. The van der Waals surface area contributed by atoms with E-state index in [0.29, 0.717) is 35.6 Å². The van der Waals surface area contributed by atoms with Crippen molar-refractivity contribution in [3.05, 3.63) is 34.6 Å². The van der Waals surface area contributed by atoms with Crippen molar-refractivity contribution < 1.29 is 19.1 Å². The van der Waals surface area contributed by atoms with Gasteiger partial charge in [0.2, 0.25) is 18.2 Å². The molecule has 3 heterocycles. The fourth-order valence-electron chi connectivity index (χ4n) is 3.79. The van der Waals surface area contributed by atoms with Crippen molar-refractivity contribution >= 4 is 33.7 Å². The van der Waals surface area contributed by atoms with E-state index in [9.17, 15) is 14.7 Å². The van der Waals surface area contributed by atoms with Gasteiger partial charge in [-0.2, -0.15) is 0 Å². The number of amides is 2. The Hall–Kier alpha value is -2.49. The van der Waals surface area contributed by atoms with E-state index in [0.717, 1.165) is 5.56 Å². The molecule has 2 amide bonds. The summed E-state index contributed by atoms with van der Waals surface area (Å²) < 4.78 is 5.79. The normalized spacial score (nSPS) is 26.5. The fourth-order valence-corrected chi connectivity index (χ4v) is 4.10. The Morgan fingerprint density at radius 1 is 1.46 bits per heavy atom. The summed E-state index contributed by atoms with van der Waals surface area (Å²) in [7, 11) is 0. The second kappa shape index (κ2) is 6.04. The number of rotatable bonds is 4. The minimum atomic E-state index is -1.10. The quantitative estimate of drug-likeness (QED) is 0.725. The van der Waals surface area contributed by atoms with Crippen LogP contribution in [0, 0.1) is 12.3 Å². The van der Waals surface area contributed by atoms with Gasteiger partial charge >= 0.3 is 6.09 Å². The molecule has 1 saturated heterocycles. The first-order valence-electron chi connectivity index (χ1n) is 8.10. The summed E-state index contributed by atoms with van der Waals surface area (Å²) in [4.78, 5) is 30.0. The van der Waals surface area contributed by atoms with Crippen LogP contribution < -0.4 is 5.32 Å². The van der Waals surface area contributed by atoms with Gasteiger partial charge in [-0.05, 0) is 47.3 Å². The van der Waals surface area contributed by atoms with Crippen molar-refractivity contribution in [1.29, 1.82) is 0 Å². The molecule has 2 aromatic heterocycles. The van der Waals surface area contributed by atoms with Crippen LogP contribution >= 0.6 is 15.9 Å². The zero-order chi connectivity index (χ0) is 18.5. The predicted molar refractivity (Wildman–Crippen MR) is 92.4 cm³/mol. The van der Waals surface area contributed by atoms with E-state index in [1.54, 1.807) is 6.07 Å². The Bertz CT molecular complexity index is 874. The summed E-state index contributed by atoms with van der Waals surface area (Å²) in [6.45, 7) is 1.83. The minimum absolute atomic E-state index is 0.209. The van der Waals surface area contributed by atoms with Gasteiger partial charge in [0.15, 0.2) is 0 Å². The Balaban J connectivity index is 1.54. The summed E-state index contributed by atoms with van der Waals surface area (Å²) in [5, 5.41) is 19.9. The number of carboxylic acid groups (broad SMARTS) is 1. The monoisotopic (exact) mass is 421 g/mol. The molecule has 9 nitrogen and oxygen atoms in total. The van der Waals surface area contributed by atoms with E-state index >= 15 is 0 Å². The lowest BCUT2D eigenvalue weighted by atomic mass is 9.95. The lowest BCUT2D eigenvalue weighted by Gasteiger charge is -2.24. The second-order valence-corrected chi connectivity index (χ2v) is 7.60. The van der Waals surface area contributed by atoms with E-state index < -0.39 is 12.1 Å². The molecule has 0 spiro atoms. The maximum atomic E-state index is 12.8.